The van der Waals surface area contributed by atoms with Gasteiger partial charge >= 0.3 is 0 Å². The number of hydrogen-bond acceptors (Lipinski definition) is 2. The third-order valence-corrected chi connectivity index (χ3v) is 5.39. The molecule has 3 unspecified atom stereocenters. The lowest BCUT2D eigenvalue weighted by Gasteiger charge is -2.21. The maximum atomic E-state index is 3.76. The summed E-state index contributed by atoms with van der Waals surface area (Å²) in [6.45, 7) is 2.26. The molecule has 2 rings (SSSR count). The van der Waals surface area contributed by atoms with Gasteiger partial charge in [-0.05, 0) is 44.1 Å². The molecule has 1 nitrogen and oxygen atoms in total. The molecule has 0 spiro atoms. The van der Waals surface area contributed by atoms with Gasteiger partial charge in [0.15, 0.2) is 0 Å². The molecule has 0 aromatic heterocycles. The Balaban J connectivity index is 1.94. The normalized spacial score (nSPS) is 26.1. The van der Waals surface area contributed by atoms with Gasteiger partial charge in [0.05, 0.1) is 0 Å². The summed E-state index contributed by atoms with van der Waals surface area (Å²) in [4.78, 5) is 0. The molecule has 0 bridgehead atoms. The number of benzene rings is 1. The minimum absolute atomic E-state index is 0.427. The highest BCUT2D eigenvalue weighted by Crippen LogP contribution is 2.30. The number of thioether (sulfide) groups is 1. The zero-order chi connectivity index (χ0) is 12.3. The first kappa shape index (κ1) is 13.4. The van der Waals surface area contributed by atoms with Gasteiger partial charge in [0.25, 0.3) is 0 Å². The second-order valence-corrected chi connectivity index (χ2v) is 6.77. The van der Waals surface area contributed by atoms with E-state index in [0.717, 1.165) is 5.25 Å². The minimum atomic E-state index is 0.427. The summed E-state index contributed by atoms with van der Waals surface area (Å²) >= 11 is 5.64. The Hall–Kier alpha value is 0.01000. The molecule has 0 heterocycles. The standard InChI is InChI=1S/C14H20BrNS/c1-10(13-5-3-4-6-14(13)15)16-11-7-8-12(9-11)17-2/h3-6,10-12,16H,7-9H2,1-2H3. The highest BCUT2D eigenvalue weighted by Gasteiger charge is 2.25. The summed E-state index contributed by atoms with van der Waals surface area (Å²) in [6, 6.07) is 9.61. The lowest BCUT2D eigenvalue weighted by Crippen LogP contribution is -2.29. The van der Waals surface area contributed by atoms with Crippen molar-refractivity contribution in [2.75, 3.05) is 6.26 Å². The van der Waals surface area contributed by atoms with Crippen LogP contribution in [0.2, 0.25) is 0 Å². The van der Waals surface area contributed by atoms with Crippen LogP contribution in [0.25, 0.3) is 0 Å². The van der Waals surface area contributed by atoms with E-state index in [9.17, 15) is 0 Å². The smallest absolute Gasteiger partial charge is 0.0305 e. The Morgan fingerprint density at radius 1 is 1.35 bits per heavy atom. The lowest BCUT2D eigenvalue weighted by molar-refractivity contribution is 0.461. The van der Waals surface area contributed by atoms with Gasteiger partial charge < -0.3 is 5.32 Å². The first-order chi connectivity index (χ1) is 8.20. The Morgan fingerprint density at radius 2 is 2.12 bits per heavy atom. The Kier molecular flexibility index (Phi) is 4.95. The number of halogens is 1. The van der Waals surface area contributed by atoms with Crippen LogP contribution in [-0.2, 0) is 0 Å². The van der Waals surface area contributed by atoms with E-state index < -0.39 is 0 Å². The monoisotopic (exact) mass is 313 g/mol. The summed E-state index contributed by atoms with van der Waals surface area (Å²) < 4.78 is 1.21. The molecule has 0 amide bonds. The Bertz CT molecular complexity index is 369. The van der Waals surface area contributed by atoms with Crippen LogP contribution in [0.4, 0.5) is 0 Å². The number of hydrogen-bond donors (Lipinski definition) is 1. The van der Waals surface area contributed by atoms with E-state index in [0.29, 0.717) is 12.1 Å². The molecule has 1 saturated carbocycles. The molecular formula is C14H20BrNS. The zero-order valence-corrected chi connectivity index (χ0v) is 12.9. The van der Waals surface area contributed by atoms with E-state index in [1.165, 1.54) is 29.3 Å². The molecule has 3 heteroatoms. The first-order valence-electron chi connectivity index (χ1n) is 6.24. The topological polar surface area (TPSA) is 12.0 Å². The van der Waals surface area contributed by atoms with Crippen LogP contribution >= 0.6 is 27.7 Å². The van der Waals surface area contributed by atoms with Crippen molar-refractivity contribution in [3.63, 3.8) is 0 Å². The molecule has 3 atom stereocenters. The third-order valence-electron chi connectivity index (χ3n) is 3.58. The van der Waals surface area contributed by atoms with E-state index in [2.05, 4.69) is 58.7 Å². The maximum Gasteiger partial charge on any atom is 0.0305 e. The van der Waals surface area contributed by atoms with Gasteiger partial charge in [-0.1, -0.05) is 34.1 Å². The SMILES string of the molecule is CSC1CCC(NC(C)c2ccccc2Br)C1. The molecule has 0 radical (unpaired) electrons. The van der Waals surface area contributed by atoms with Crippen molar-refractivity contribution in [2.45, 2.75) is 43.5 Å². The molecular weight excluding hydrogens is 294 g/mol. The van der Waals surface area contributed by atoms with Gasteiger partial charge in [-0.2, -0.15) is 11.8 Å². The van der Waals surface area contributed by atoms with E-state index in [-0.39, 0.29) is 0 Å². The Labute approximate surface area is 117 Å². The van der Waals surface area contributed by atoms with E-state index in [4.69, 9.17) is 0 Å². The zero-order valence-electron chi connectivity index (χ0n) is 10.4. The summed E-state index contributed by atoms with van der Waals surface area (Å²) in [5.74, 6) is 0. The van der Waals surface area contributed by atoms with Crippen LogP contribution in [0.5, 0.6) is 0 Å². The highest BCUT2D eigenvalue weighted by atomic mass is 79.9. The van der Waals surface area contributed by atoms with Gasteiger partial charge in [0.2, 0.25) is 0 Å². The molecule has 1 aliphatic carbocycles. The molecule has 1 N–H and O–H groups in total. The van der Waals surface area contributed by atoms with Gasteiger partial charge in [-0.25, -0.2) is 0 Å². The summed E-state index contributed by atoms with van der Waals surface area (Å²) in [5.41, 5.74) is 1.36. The highest BCUT2D eigenvalue weighted by molar-refractivity contribution is 9.10. The van der Waals surface area contributed by atoms with Crippen LogP contribution < -0.4 is 5.32 Å². The average molecular weight is 314 g/mol. The predicted molar refractivity (Wildman–Crippen MR) is 80.6 cm³/mol. The second kappa shape index (κ2) is 6.26. The fraction of sp³-hybridized carbons (Fsp3) is 0.571. The van der Waals surface area contributed by atoms with Crippen LogP contribution in [-0.4, -0.2) is 17.5 Å². The number of nitrogens with one attached hydrogen (secondary N) is 1. The van der Waals surface area contributed by atoms with Crippen molar-refractivity contribution in [3.05, 3.63) is 34.3 Å². The van der Waals surface area contributed by atoms with Crippen molar-refractivity contribution < 1.29 is 0 Å². The van der Waals surface area contributed by atoms with E-state index in [1.54, 1.807) is 0 Å². The van der Waals surface area contributed by atoms with Crippen molar-refractivity contribution in [3.8, 4) is 0 Å². The van der Waals surface area contributed by atoms with E-state index in [1.807, 2.05) is 11.8 Å². The molecule has 1 aliphatic rings. The maximum absolute atomic E-state index is 3.76. The molecule has 1 fully saturated rings. The van der Waals surface area contributed by atoms with Crippen molar-refractivity contribution >= 4 is 27.7 Å². The summed E-state index contributed by atoms with van der Waals surface area (Å²) in [6.07, 6.45) is 6.22. The van der Waals surface area contributed by atoms with Gasteiger partial charge in [0.1, 0.15) is 0 Å². The first-order valence-corrected chi connectivity index (χ1v) is 8.32. The largest absolute Gasteiger partial charge is 0.307 e. The molecule has 94 valence electrons. The van der Waals surface area contributed by atoms with Gasteiger partial charge in [-0.15, -0.1) is 0 Å². The van der Waals surface area contributed by atoms with Crippen molar-refractivity contribution in [2.24, 2.45) is 0 Å². The van der Waals surface area contributed by atoms with Gasteiger partial charge in [0, 0.05) is 21.8 Å². The van der Waals surface area contributed by atoms with Crippen molar-refractivity contribution in [1.29, 1.82) is 0 Å². The van der Waals surface area contributed by atoms with Gasteiger partial charge in [-0.3, -0.25) is 0 Å². The van der Waals surface area contributed by atoms with E-state index >= 15 is 0 Å². The average Bonchev–Trinajstić information content (AvgIpc) is 2.77. The quantitative estimate of drug-likeness (QED) is 0.885. The van der Waals surface area contributed by atoms with Crippen LogP contribution in [0.3, 0.4) is 0 Å². The Morgan fingerprint density at radius 3 is 2.76 bits per heavy atom. The third kappa shape index (κ3) is 3.49. The van der Waals surface area contributed by atoms with Crippen LogP contribution in [0.15, 0.2) is 28.7 Å². The summed E-state index contributed by atoms with van der Waals surface area (Å²) in [5, 5.41) is 4.62. The second-order valence-electron chi connectivity index (χ2n) is 4.78. The predicted octanol–water partition coefficient (Wildman–Crippen LogP) is 4.38. The van der Waals surface area contributed by atoms with Crippen LogP contribution in [0, 0.1) is 0 Å². The number of rotatable bonds is 4. The molecule has 17 heavy (non-hydrogen) atoms. The van der Waals surface area contributed by atoms with Crippen LogP contribution in [0.1, 0.15) is 37.8 Å². The van der Waals surface area contributed by atoms with Crippen molar-refractivity contribution in [1.82, 2.24) is 5.32 Å². The summed E-state index contributed by atoms with van der Waals surface area (Å²) in [7, 11) is 0. The molecule has 1 aromatic carbocycles. The molecule has 0 aliphatic heterocycles. The molecule has 0 saturated heterocycles. The fourth-order valence-corrected chi connectivity index (χ4v) is 4.00. The fourth-order valence-electron chi connectivity index (χ4n) is 2.58. The minimum Gasteiger partial charge on any atom is -0.307 e. The molecule has 1 aromatic rings. The lowest BCUT2D eigenvalue weighted by atomic mass is 10.1.